The summed E-state index contributed by atoms with van der Waals surface area (Å²) < 4.78 is 15.7. The number of esters is 3. The number of benzene rings is 1. The molecule has 0 amide bonds. The molecular weight excluding hydrogens is 324 g/mol. The minimum absolute atomic E-state index is 0.0725. The van der Waals surface area contributed by atoms with E-state index in [4.69, 9.17) is 14.2 Å². The van der Waals surface area contributed by atoms with Crippen LogP contribution in [0.1, 0.15) is 68.3 Å². The van der Waals surface area contributed by atoms with E-state index in [1.807, 2.05) is 0 Å². The zero-order valence-corrected chi connectivity index (χ0v) is 14.8. The van der Waals surface area contributed by atoms with E-state index in [1.54, 1.807) is 6.07 Å². The monoisotopic (exact) mass is 348 g/mol. The van der Waals surface area contributed by atoms with Crippen molar-refractivity contribution in [3.8, 4) is 11.5 Å². The normalized spacial score (nSPS) is 15.8. The molecule has 0 unspecified atom stereocenters. The van der Waals surface area contributed by atoms with Gasteiger partial charge in [-0.3, -0.25) is 9.59 Å². The van der Waals surface area contributed by atoms with Crippen LogP contribution in [0.25, 0.3) is 0 Å². The fraction of sp³-hybridized carbons (Fsp3) is 0.526. The predicted octanol–water partition coefficient (Wildman–Crippen LogP) is 3.59. The van der Waals surface area contributed by atoms with Crippen LogP contribution < -0.4 is 9.47 Å². The Hall–Kier alpha value is -2.37. The fourth-order valence-electron chi connectivity index (χ4n) is 2.90. The maximum Gasteiger partial charge on any atom is 0.342 e. The maximum absolute atomic E-state index is 12.5. The van der Waals surface area contributed by atoms with Crippen molar-refractivity contribution in [2.75, 3.05) is 6.61 Å². The Kier molecular flexibility index (Phi) is 6.98. The van der Waals surface area contributed by atoms with Crippen molar-refractivity contribution in [1.82, 2.24) is 0 Å². The number of carbonyl (C=O) groups is 3. The standard InChI is InChI=1S/C19H24O6/c1-13(20)24-16-11-15-9-7-5-3-4-6-8-10-23-19(22)18(15)17(12-16)25-14(2)21/h11-12H,3-10H2,1-2H3. The van der Waals surface area contributed by atoms with Crippen molar-refractivity contribution in [2.24, 2.45) is 0 Å². The lowest BCUT2D eigenvalue weighted by molar-refractivity contribution is -0.132. The van der Waals surface area contributed by atoms with Crippen molar-refractivity contribution in [3.05, 3.63) is 23.3 Å². The summed E-state index contributed by atoms with van der Waals surface area (Å²) in [5.74, 6) is -1.22. The lowest BCUT2D eigenvalue weighted by Gasteiger charge is -2.16. The SMILES string of the molecule is CC(=O)Oc1cc2c(c(OC(C)=O)c1)C(=O)OCCCCCCCC2. The highest BCUT2D eigenvalue weighted by atomic mass is 16.6. The van der Waals surface area contributed by atoms with Crippen molar-refractivity contribution < 1.29 is 28.6 Å². The molecule has 0 atom stereocenters. The van der Waals surface area contributed by atoms with Gasteiger partial charge in [0.05, 0.1) is 6.61 Å². The first kappa shape index (κ1) is 19.0. The van der Waals surface area contributed by atoms with Gasteiger partial charge in [0.15, 0.2) is 0 Å². The predicted molar refractivity (Wildman–Crippen MR) is 90.7 cm³/mol. The number of hydrogen-bond acceptors (Lipinski definition) is 6. The molecule has 136 valence electrons. The topological polar surface area (TPSA) is 78.9 Å². The van der Waals surface area contributed by atoms with E-state index in [0.717, 1.165) is 38.5 Å². The molecule has 6 heteroatoms. The molecule has 1 aromatic carbocycles. The van der Waals surface area contributed by atoms with Crippen LogP contribution in [0.4, 0.5) is 0 Å². The highest BCUT2D eigenvalue weighted by Crippen LogP contribution is 2.32. The van der Waals surface area contributed by atoms with Gasteiger partial charge in [0.2, 0.25) is 0 Å². The van der Waals surface area contributed by atoms with E-state index in [9.17, 15) is 14.4 Å². The molecule has 1 heterocycles. The Morgan fingerprint density at radius 3 is 2.24 bits per heavy atom. The van der Waals surface area contributed by atoms with Crippen LogP contribution >= 0.6 is 0 Å². The zero-order valence-electron chi connectivity index (χ0n) is 14.8. The Balaban J connectivity index is 2.44. The van der Waals surface area contributed by atoms with Crippen LogP contribution in [-0.2, 0) is 20.7 Å². The third kappa shape index (κ3) is 5.89. The van der Waals surface area contributed by atoms with Gasteiger partial charge in [-0.15, -0.1) is 0 Å². The molecular formula is C19H24O6. The Bertz CT molecular complexity index is 650. The molecule has 0 saturated carbocycles. The number of rotatable bonds is 2. The molecule has 0 bridgehead atoms. The van der Waals surface area contributed by atoms with Crippen molar-refractivity contribution in [2.45, 2.75) is 58.8 Å². The summed E-state index contributed by atoms with van der Waals surface area (Å²) in [5, 5.41) is 0. The quantitative estimate of drug-likeness (QED) is 0.600. The molecule has 0 radical (unpaired) electrons. The number of ether oxygens (including phenoxy) is 3. The number of aryl methyl sites for hydroxylation is 1. The maximum atomic E-state index is 12.5. The summed E-state index contributed by atoms with van der Waals surface area (Å²) in [5.41, 5.74) is 0.909. The Labute approximate surface area is 147 Å². The van der Waals surface area contributed by atoms with Crippen LogP contribution in [0, 0.1) is 0 Å². The second-order valence-electron chi connectivity index (χ2n) is 6.15. The molecule has 1 aliphatic heterocycles. The summed E-state index contributed by atoms with van der Waals surface area (Å²) in [4.78, 5) is 35.2. The second-order valence-corrected chi connectivity index (χ2v) is 6.15. The van der Waals surface area contributed by atoms with Crippen molar-refractivity contribution >= 4 is 17.9 Å². The van der Waals surface area contributed by atoms with Crippen LogP contribution in [0.15, 0.2) is 12.1 Å². The van der Waals surface area contributed by atoms with Gasteiger partial charge >= 0.3 is 17.9 Å². The van der Waals surface area contributed by atoms with Gasteiger partial charge < -0.3 is 14.2 Å². The highest BCUT2D eigenvalue weighted by molar-refractivity contribution is 5.95. The largest absolute Gasteiger partial charge is 0.462 e. The molecule has 2 rings (SSSR count). The minimum Gasteiger partial charge on any atom is -0.462 e. The highest BCUT2D eigenvalue weighted by Gasteiger charge is 2.23. The molecule has 6 nitrogen and oxygen atoms in total. The first-order valence-electron chi connectivity index (χ1n) is 8.68. The summed E-state index contributed by atoms with van der Waals surface area (Å²) in [6.45, 7) is 2.88. The van der Waals surface area contributed by atoms with Crippen LogP contribution in [0.3, 0.4) is 0 Å². The molecule has 0 aromatic heterocycles. The van der Waals surface area contributed by atoms with E-state index in [0.29, 0.717) is 18.6 Å². The van der Waals surface area contributed by atoms with E-state index in [1.165, 1.54) is 19.9 Å². The molecule has 25 heavy (non-hydrogen) atoms. The van der Waals surface area contributed by atoms with Crippen molar-refractivity contribution in [3.63, 3.8) is 0 Å². The molecule has 0 aliphatic carbocycles. The Morgan fingerprint density at radius 1 is 0.920 bits per heavy atom. The summed E-state index contributed by atoms with van der Waals surface area (Å²) in [7, 11) is 0. The molecule has 0 fully saturated rings. The van der Waals surface area contributed by atoms with Crippen LogP contribution in [0.2, 0.25) is 0 Å². The van der Waals surface area contributed by atoms with E-state index in [2.05, 4.69) is 0 Å². The molecule has 0 spiro atoms. The molecule has 1 aromatic rings. The Morgan fingerprint density at radius 2 is 1.56 bits per heavy atom. The van der Waals surface area contributed by atoms with E-state index in [-0.39, 0.29) is 17.1 Å². The second kappa shape index (κ2) is 9.20. The van der Waals surface area contributed by atoms with Gasteiger partial charge in [0.25, 0.3) is 0 Å². The zero-order chi connectivity index (χ0) is 18.2. The van der Waals surface area contributed by atoms with Gasteiger partial charge in [0, 0.05) is 19.9 Å². The van der Waals surface area contributed by atoms with Crippen molar-refractivity contribution in [1.29, 1.82) is 0 Å². The van der Waals surface area contributed by atoms with E-state index >= 15 is 0 Å². The fourth-order valence-corrected chi connectivity index (χ4v) is 2.90. The number of carbonyl (C=O) groups excluding carboxylic acids is 3. The summed E-state index contributed by atoms with van der Waals surface area (Å²) >= 11 is 0. The number of cyclic esters (lactones) is 1. The van der Waals surface area contributed by atoms with Gasteiger partial charge in [-0.25, -0.2) is 4.79 Å². The third-order valence-corrected chi connectivity index (χ3v) is 3.95. The van der Waals surface area contributed by atoms with Gasteiger partial charge in [0.1, 0.15) is 17.1 Å². The van der Waals surface area contributed by atoms with E-state index < -0.39 is 17.9 Å². The number of fused-ring (bicyclic) bond motifs is 1. The average molecular weight is 348 g/mol. The van der Waals surface area contributed by atoms with Crippen LogP contribution in [-0.4, -0.2) is 24.5 Å². The summed E-state index contributed by atoms with van der Waals surface area (Å²) in [6, 6.07) is 3.03. The lowest BCUT2D eigenvalue weighted by Crippen LogP contribution is -2.15. The van der Waals surface area contributed by atoms with Gasteiger partial charge in [-0.2, -0.15) is 0 Å². The first-order chi connectivity index (χ1) is 12.0. The summed E-state index contributed by atoms with van der Waals surface area (Å²) in [6.07, 6.45) is 6.66. The average Bonchev–Trinajstić information content (AvgIpc) is 2.50. The lowest BCUT2D eigenvalue weighted by atomic mass is 9.98. The molecule has 0 N–H and O–H groups in total. The first-order valence-corrected chi connectivity index (χ1v) is 8.68. The minimum atomic E-state index is -0.555. The smallest absolute Gasteiger partial charge is 0.342 e. The molecule has 1 aliphatic rings. The third-order valence-electron chi connectivity index (χ3n) is 3.95. The molecule has 0 saturated heterocycles. The van der Waals surface area contributed by atoms with Gasteiger partial charge in [-0.05, 0) is 30.9 Å². The van der Waals surface area contributed by atoms with Gasteiger partial charge in [-0.1, -0.05) is 25.7 Å². The van der Waals surface area contributed by atoms with Crippen LogP contribution in [0.5, 0.6) is 11.5 Å². The number of hydrogen-bond donors (Lipinski definition) is 0.